The van der Waals surface area contributed by atoms with Crippen molar-refractivity contribution in [2.24, 2.45) is 5.73 Å². The van der Waals surface area contributed by atoms with Gasteiger partial charge in [0.2, 0.25) is 5.88 Å². The first-order chi connectivity index (χ1) is 6.22. The Kier molecular flexibility index (Phi) is 3.71. The lowest BCUT2D eigenvalue weighted by Gasteiger charge is -2.05. The van der Waals surface area contributed by atoms with E-state index in [1.54, 1.807) is 7.11 Å². The number of hydrogen-bond donors (Lipinski definition) is 1. The molecule has 0 aliphatic rings. The van der Waals surface area contributed by atoms with Crippen molar-refractivity contribution in [2.75, 3.05) is 7.11 Å². The van der Waals surface area contributed by atoms with Crippen molar-refractivity contribution in [3.05, 3.63) is 23.9 Å². The van der Waals surface area contributed by atoms with Crippen molar-refractivity contribution in [1.82, 2.24) is 4.98 Å². The van der Waals surface area contributed by atoms with Crippen molar-refractivity contribution in [3.8, 4) is 5.88 Å². The summed E-state index contributed by atoms with van der Waals surface area (Å²) in [6, 6.07) is 6.01. The Labute approximate surface area is 78.9 Å². The molecule has 0 saturated heterocycles. The second kappa shape index (κ2) is 4.82. The Morgan fingerprint density at radius 1 is 1.54 bits per heavy atom. The lowest BCUT2D eigenvalue weighted by molar-refractivity contribution is 0.396. The number of aryl methyl sites for hydroxylation is 1. The van der Waals surface area contributed by atoms with E-state index in [2.05, 4.69) is 4.98 Å². The average molecular weight is 180 g/mol. The zero-order valence-electron chi connectivity index (χ0n) is 8.16. The third-order valence-electron chi connectivity index (χ3n) is 1.85. The second-order valence-electron chi connectivity index (χ2n) is 3.19. The maximum absolute atomic E-state index is 5.65. The van der Waals surface area contributed by atoms with Crippen molar-refractivity contribution in [3.63, 3.8) is 0 Å². The highest BCUT2D eigenvalue weighted by atomic mass is 16.5. The Hall–Kier alpha value is -1.09. The fraction of sp³-hybridized carbons (Fsp3) is 0.500. The van der Waals surface area contributed by atoms with Gasteiger partial charge in [0.1, 0.15) is 0 Å². The summed E-state index contributed by atoms with van der Waals surface area (Å²) in [6.07, 6.45) is 1.87. The topological polar surface area (TPSA) is 48.1 Å². The SMILES string of the molecule is COc1cccc(CC[C@H](C)N)n1. The summed E-state index contributed by atoms with van der Waals surface area (Å²) in [5.41, 5.74) is 6.69. The van der Waals surface area contributed by atoms with Crippen LogP contribution in [0.5, 0.6) is 5.88 Å². The Bertz CT molecular complexity index is 261. The summed E-state index contributed by atoms with van der Waals surface area (Å²) >= 11 is 0. The summed E-state index contributed by atoms with van der Waals surface area (Å²) in [6.45, 7) is 2.00. The second-order valence-corrected chi connectivity index (χ2v) is 3.19. The van der Waals surface area contributed by atoms with Gasteiger partial charge in [-0.2, -0.15) is 0 Å². The first-order valence-electron chi connectivity index (χ1n) is 4.48. The maximum Gasteiger partial charge on any atom is 0.213 e. The molecular weight excluding hydrogens is 164 g/mol. The summed E-state index contributed by atoms with van der Waals surface area (Å²) in [4.78, 5) is 4.29. The number of hydrogen-bond acceptors (Lipinski definition) is 3. The highest BCUT2D eigenvalue weighted by Gasteiger charge is 1.99. The van der Waals surface area contributed by atoms with Crippen molar-refractivity contribution < 1.29 is 4.74 Å². The summed E-state index contributed by atoms with van der Waals surface area (Å²) in [5.74, 6) is 0.669. The van der Waals surface area contributed by atoms with E-state index in [1.165, 1.54) is 0 Å². The molecule has 2 N–H and O–H groups in total. The quantitative estimate of drug-likeness (QED) is 0.761. The van der Waals surface area contributed by atoms with Crippen molar-refractivity contribution in [1.29, 1.82) is 0 Å². The lowest BCUT2D eigenvalue weighted by Crippen LogP contribution is -2.15. The molecule has 72 valence electrons. The van der Waals surface area contributed by atoms with E-state index in [9.17, 15) is 0 Å². The van der Waals surface area contributed by atoms with Gasteiger partial charge >= 0.3 is 0 Å². The molecule has 0 amide bonds. The van der Waals surface area contributed by atoms with Crippen LogP contribution in [0, 0.1) is 0 Å². The molecule has 1 rings (SSSR count). The smallest absolute Gasteiger partial charge is 0.213 e. The fourth-order valence-electron chi connectivity index (χ4n) is 1.09. The number of methoxy groups -OCH3 is 1. The maximum atomic E-state index is 5.65. The Morgan fingerprint density at radius 3 is 2.92 bits per heavy atom. The molecule has 0 saturated carbocycles. The number of aromatic nitrogens is 1. The standard InChI is InChI=1S/C10H16N2O/c1-8(11)6-7-9-4-3-5-10(12-9)13-2/h3-5,8H,6-7,11H2,1-2H3/t8-/m0/s1. The van der Waals surface area contributed by atoms with Gasteiger partial charge in [0.05, 0.1) is 7.11 Å². The minimum Gasteiger partial charge on any atom is -0.481 e. The van der Waals surface area contributed by atoms with Crippen LogP contribution in [0.15, 0.2) is 18.2 Å². The van der Waals surface area contributed by atoms with E-state index in [-0.39, 0.29) is 6.04 Å². The predicted octanol–water partition coefficient (Wildman–Crippen LogP) is 1.37. The van der Waals surface area contributed by atoms with Gasteiger partial charge in [-0.25, -0.2) is 4.98 Å². The van der Waals surface area contributed by atoms with E-state index in [0.717, 1.165) is 18.5 Å². The zero-order chi connectivity index (χ0) is 9.68. The van der Waals surface area contributed by atoms with Crippen LogP contribution in [0.3, 0.4) is 0 Å². The van der Waals surface area contributed by atoms with Crippen LogP contribution in [0.1, 0.15) is 19.0 Å². The molecular formula is C10H16N2O. The summed E-state index contributed by atoms with van der Waals surface area (Å²) < 4.78 is 5.02. The molecule has 0 radical (unpaired) electrons. The molecule has 1 aromatic heterocycles. The van der Waals surface area contributed by atoms with Crippen LogP contribution in [0.25, 0.3) is 0 Å². The molecule has 1 atom stereocenters. The molecule has 0 fully saturated rings. The molecule has 1 aromatic rings. The first-order valence-corrected chi connectivity index (χ1v) is 4.48. The van der Waals surface area contributed by atoms with Gasteiger partial charge < -0.3 is 10.5 Å². The number of nitrogens with zero attached hydrogens (tertiary/aromatic N) is 1. The van der Waals surface area contributed by atoms with Gasteiger partial charge in [-0.15, -0.1) is 0 Å². The van der Waals surface area contributed by atoms with Gasteiger partial charge in [-0.05, 0) is 25.8 Å². The van der Waals surface area contributed by atoms with Crippen LogP contribution in [-0.4, -0.2) is 18.1 Å². The number of rotatable bonds is 4. The Morgan fingerprint density at radius 2 is 2.31 bits per heavy atom. The van der Waals surface area contributed by atoms with E-state index in [0.29, 0.717) is 5.88 Å². The molecule has 0 aromatic carbocycles. The largest absolute Gasteiger partial charge is 0.481 e. The summed E-state index contributed by atoms with van der Waals surface area (Å²) in [5, 5.41) is 0. The van der Waals surface area contributed by atoms with E-state index < -0.39 is 0 Å². The molecule has 0 aliphatic carbocycles. The lowest BCUT2D eigenvalue weighted by atomic mass is 10.1. The van der Waals surface area contributed by atoms with Crippen molar-refractivity contribution >= 4 is 0 Å². The monoisotopic (exact) mass is 180 g/mol. The normalized spacial score (nSPS) is 12.5. The molecule has 0 spiro atoms. The number of pyridine rings is 1. The van der Waals surface area contributed by atoms with Crippen LogP contribution in [-0.2, 0) is 6.42 Å². The van der Waals surface area contributed by atoms with E-state index >= 15 is 0 Å². The van der Waals surface area contributed by atoms with Crippen LogP contribution in [0.4, 0.5) is 0 Å². The summed E-state index contributed by atoms with van der Waals surface area (Å²) in [7, 11) is 1.62. The van der Waals surface area contributed by atoms with E-state index in [4.69, 9.17) is 10.5 Å². The highest BCUT2D eigenvalue weighted by molar-refractivity contribution is 5.15. The fourth-order valence-corrected chi connectivity index (χ4v) is 1.09. The van der Waals surface area contributed by atoms with E-state index in [1.807, 2.05) is 25.1 Å². The molecule has 3 heteroatoms. The molecule has 0 unspecified atom stereocenters. The van der Waals surface area contributed by atoms with Gasteiger partial charge in [0.25, 0.3) is 0 Å². The molecule has 3 nitrogen and oxygen atoms in total. The van der Waals surface area contributed by atoms with Crippen molar-refractivity contribution in [2.45, 2.75) is 25.8 Å². The minimum atomic E-state index is 0.230. The highest BCUT2D eigenvalue weighted by Crippen LogP contribution is 2.08. The number of ether oxygens (including phenoxy) is 1. The molecule has 0 aliphatic heterocycles. The predicted molar refractivity (Wildman–Crippen MR) is 52.8 cm³/mol. The minimum absolute atomic E-state index is 0.230. The Balaban J connectivity index is 2.56. The molecule has 1 heterocycles. The first kappa shape index (κ1) is 9.99. The third kappa shape index (κ3) is 3.42. The third-order valence-corrected chi connectivity index (χ3v) is 1.85. The van der Waals surface area contributed by atoms with Gasteiger partial charge in [0, 0.05) is 17.8 Å². The van der Waals surface area contributed by atoms with Crippen LogP contribution >= 0.6 is 0 Å². The van der Waals surface area contributed by atoms with Gasteiger partial charge in [-0.3, -0.25) is 0 Å². The number of nitrogens with two attached hydrogens (primary N) is 1. The zero-order valence-corrected chi connectivity index (χ0v) is 8.16. The molecule has 0 bridgehead atoms. The van der Waals surface area contributed by atoms with Gasteiger partial charge in [0.15, 0.2) is 0 Å². The van der Waals surface area contributed by atoms with Crippen LogP contribution in [0.2, 0.25) is 0 Å². The molecule has 13 heavy (non-hydrogen) atoms. The van der Waals surface area contributed by atoms with Crippen LogP contribution < -0.4 is 10.5 Å². The van der Waals surface area contributed by atoms with Gasteiger partial charge in [-0.1, -0.05) is 6.07 Å². The average Bonchev–Trinajstić information content (AvgIpc) is 2.15.